The minimum Gasteiger partial charge on any atom is -0.281 e. The van der Waals surface area contributed by atoms with Crippen LogP contribution in [0.3, 0.4) is 0 Å². The first kappa shape index (κ1) is 11.6. The summed E-state index contributed by atoms with van der Waals surface area (Å²) in [6.45, 7) is 0. The SMILES string of the molecule is CSC(N)=[NH+]S(=O)(=O)C(F)(F)F. The number of nitrogens with one attached hydrogen (secondary N) is 1. The fourth-order valence-corrected chi connectivity index (χ4v) is 1.28. The smallest absolute Gasteiger partial charge is 0.281 e. The third-order valence-electron chi connectivity index (χ3n) is 0.760. The summed E-state index contributed by atoms with van der Waals surface area (Å²) in [4.78, 5) is 0. The molecule has 0 saturated carbocycles. The molecule has 0 atom stereocenters. The lowest BCUT2D eigenvalue weighted by Crippen LogP contribution is -2.81. The van der Waals surface area contributed by atoms with Crippen LogP contribution >= 0.6 is 11.8 Å². The zero-order valence-electron chi connectivity index (χ0n) is 5.84. The van der Waals surface area contributed by atoms with E-state index in [2.05, 4.69) is 0 Å². The molecule has 9 heteroatoms. The van der Waals surface area contributed by atoms with Gasteiger partial charge in [-0.3, -0.25) is 5.73 Å². The zero-order chi connectivity index (χ0) is 9.99. The third-order valence-corrected chi connectivity index (χ3v) is 2.53. The highest BCUT2D eigenvalue weighted by molar-refractivity contribution is 8.13. The van der Waals surface area contributed by atoms with Gasteiger partial charge in [0.05, 0.1) is 0 Å². The highest BCUT2D eigenvalue weighted by Gasteiger charge is 2.48. The Morgan fingerprint density at radius 2 is 1.92 bits per heavy atom. The Labute approximate surface area is 71.1 Å². The number of sulfonamides is 1. The number of hydrogen-bond acceptors (Lipinski definition) is 3. The first-order chi connectivity index (χ1) is 5.20. The van der Waals surface area contributed by atoms with Crippen molar-refractivity contribution in [2.75, 3.05) is 6.26 Å². The predicted molar refractivity (Wildman–Crippen MR) is 38.6 cm³/mol. The van der Waals surface area contributed by atoms with Crippen molar-refractivity contribution in [1.82, 2.24) is 0 Å². The molecule has 0 aliphatic carbocycles. The average Bonchev–Trinajstić information content (AvgIpc) is 1.84. The lowest BCUT2D eigenvalue weighted by molar-refractivity contribution is -0.285. The van der Waals surface area contributed by atoms with Crippen molar-refractivity contribution in [3.8, 4) is 0 Å². The summed E-state index contributed by atoms with van der Waals surface area (Å²) in [5, 5.41) is -0.521. The minimum absolute atomic E-state index is 0.521. The lowest BCUT2D eigenvalue weighted by atomic mass is 11.4. The molecule has 0 heterocycles. The minimum atomic E-state index is -5.34. The molecule has 4 nitrogen and oxygen atoms in total. The van der Waals surface area contributed by atoms with Gasteiger partial charge in [0, 0.05) is 0 Å². The van der Waals surface area contributed by atoms with Gasteiger partial charge in [-0.2, -0.15) is 26.0 Å². The van der Waals surface area contributed by atoms with Gasteiger partial charge in [-0.1, -0.05) is 0 Å². The zero-order valence-corrected chi connectivity index (χ0v) is 7.48. The maximum atomic E-state index is 11.6. The number of rotatable bonds is 1. The predicted octanol–water partition coefficient (Wildman–Crippen LogP) is -1.41. The van der Waals surface area contributed by atoms with Crippen molar-refractivity contribution in [2.24, 2.45) is 5.73 Å². The molecule has 72 valence electrons. The summed E-state index contributed by atoms with van der Waals surface area (Å²) in [6.07, 6.45) is 1.34. The van der Waals surface area contributed by atoms with Gasteiger partial charge in [-0.05, 0) is 18.0 Å². The summed E-state index contributed by atoms with van der Waals surface area (Å²) in [7, 11) is -5.34. The standard InChI is InChI=1S/C3H5F3N2O2S2/c1-11-2(7)8-12(9,10)3(4,5)6/h1H3,(H2,7,8)/p+1. The number of amidine groups is 1. The Kier molecular flexibility index (Phi) is 3.39. The van der Waals surface area contributed by atoms with Gasteiger partial charge in [0.2, 0.25) is 0 Å². The van der Waals surface area contributed by atoms with Crippen molar-refractivity contribution in [3.05, 3.63) is 0 Å². The van der Waals surface area contributed by atoms with Gasteiger partial charge in [0.25, 0.3) is 0 Å². The van der Waals surface area contributed by atoms with E-state index in [-0.39, 0.29) is 0 Å². The van der Waals surface area contributed by atoms with Crippen LogP contribution in [0, 0.1) is 0 Å². The molecule has 0 aromatic carbocycles. The van der Waals surface area contributed by atoms with Gasteiger partial charge in [-0.25, -0.2) is 0 Å². The van der Waals surface area contributed by atoms with Crippen LogP contribution in [0.25, 0.3) is 0 Å². The molecule has 0 aromatic rings. The number of halogens is 3. The normalized spacial score (nSPS) is 14.8. The molecule has 12 heavy (non-hydrogen) atoms. The Morgan fingerprint density at radius 1 is 1.50 bits per heavy atom. The van der Waals surface area contributed by atoms with Crippen molar-refractivity contribution >= 4 is 27.0 Å². The molecule has 0 spiro atoms. The topological polar surface area (TPSA) is 74.1 Å². The Bertz CT molecular complexity index is 280. The first-order valence-electron chi connectivity index (χ1n) is 2.46. The number of alkyl halides is 3. The van der Waals surface area contributed by atoms with E-state index in [4.69, 9.17) is 5.73 Å². The second-order valence-electron chi connectivity index (χ2n) is 1.62. The van der Waals surface area contributed by atoms with Crippen molar-refractivity contribution in [2.45, 2.75) is 5.51 Å². The second kappa shape index (κ2) is 3.52. The third kappa shape index (κ3) is 2.89. The molecule has 0 fully saturated rings. The van der Waals surface area contributed by atoms with Crippen LogP contribution in [-0.4, -0.2) is 25.3 Å². The second-order valence-corrected chi connectivity index (χ2v) is 4.14. The molecule has 0 unspecified atom stereocenters. The van der Waals surface area contributed by atoms with E-state index in [1.165, 1.54) is 6.26 Å². The molecule has 0 aliphatic rings. The largest absolute Gasteiger partial charge is 0.537 e. The lowest BCUT2D eigenvalue weighted by Gasteiger charge is -1.99. The van der Waals surface area contributed by atoms with Crippen LogP contribution < -0.4 is 10.1 Å². The molecular weight excluding hydrogens is 217 g/mol. The van der Waals surface area contributed by atoms with E-state index in [0.29, 0.717) is 11.8 Å². The molecule has 0 bridgehead atoms. The van der Waals surface area contributed by atoms with E-state index in [0.717, 1.165) is 4.40 Å². The molecular formula is C3H6F3N2O2S2+. The summed E-state index contributed by atoms with van der Waals surface area (Å²) >= 11 is 0.672. The highest BCUT2D eigenvalue weighted by atomic mass is 32.2. The maximum Gasteiger partial charge on any atom is 0.537 e. The van der Waals surface area contributed by atoms with Gasteiger partial charge in [-0.15, -0.1) is 0 Å². The van der Waals surface area contributed by atoms with Crippen LogP contribution in [0.2, 0.25) is 0 Å². The summed E-state index contributed by atoms with van der Waals surface area (Å²) in [5.41, 5.74) is -0.481. The molecule has 0 aromatic heterocycles. The quantitative estimate of drug-likeness (QED) is 0.423. The van der Waals surface area contributed by atoms with E-state index in [1.54, 1.807) is 0 Å². The monoisotopic (exact) mass is 223 g/mol. The van der Waals surface area contributed by atoms with E-state index >= 15 is 0 Å². The fraction of sp³-hybridized carbons (Fsp3) is 0.667. The van der Waals surface area contributed by atoms with Crippen LogP contribution in [0.15, 0.2) is 0 Å². The van der Waals surface area contributed by atoms with Gasteiger partial charge in [0.15, 0.2) is 0 Å². The fourth-order valence-electron chi connectivity index (χ4n) is 0.232. The number of nitrogens with two attached hydrogens (primary N) is 1. The van der Waals surface area contributed by atoms with Crippen molar-refractivity contribution in [1.29, 1.82) is 0 Å². The van der Waals surface area contributed by atoms with Gasteiger partial charge in [0.1, 0.15) is 0 Å². The van der Waals surface area contributed by atoms with Crippen molar-refractivity contribution < 1.29 is 26.0 Å². The average molecular weight is 223 g/mol. The number of thioether (sulfide) groups is 1. The highest BCUT2D eigenvalue weighted by Crippen LogP contribution is 2.18. The van der Waals surface area contributed by atoms with E-state index in [1.807, 2.05) is 0 Å². The summed E-state index contributed by atoms with van der Waals surface area (Å²) < 4.78 is 56.5. The Hall–Kier alpha value is -0.440. The van der Waals surface area contributed by atoms with Crippen LogP contribution in [0.4, 0.5) is 13.2 Å². The van der Waals surface area contributed by atoms with Gasteiger partial charge >= 0.3 is 20.7 Å². The summed E-state index contributed by atoms with van der Waals surface area (Å²) in [5.74, 6) is 0. The molecule has 3 N–H and O–H groups in total. The van der Waals surface area contributed by atoms with Crippen LogP contribution in [0.1, 0.15) is 0 Å². The van der Waals surface area contributed by atoms with E-state index in [9.17, 15) is 21.6 Å². The molecule has 0 saturated heterocycles. The molecule has 0 aliphatic heterocycles. The van der Waals surface area contributed by atoms with E-state index < -0.39 is 20.7 Å². The van der Waals surface area contributed by atoms with Crippen LogP contribution in [0.5, 0.6) is 0 Å². The number of hydrogen-bond donors (Lipinski definition) is 2. The maximum absolute atomic E-state index is 11.6. The Balaban J connectivity index is 4.93. The molecule has 0 radical (unpaired) electrons. The molecule has 0 rings (SSSR count). The Morgan fingerprint density at radius 3 is 2.17 bits per heavy atom. The van der Waals surface area contributed by atoms with Crippen molar-refractivity contribution in [3.63, 3.8) is 0 Å². The molecule has 0 amide bonds. The van der Waals surface area contributed by atoms with Gasteiger partial charge < -0.3 is 0 Å². The first-order valence-corrected chi connectivity index (χ1v) is 5.17. The van der Waals surface area contributed by atoms with Crippen LogP contribution in [-0.2, 0) is 10.0 Å². The summed E-state index contributed by atoms with van der Waals surface area (Å²) in [6, 6.07) is 0.